The van der Waals surface area contributed by atoms with Crippen LogP contribution in [0.25, 0.3) is 0 Å². The molecule has 3 N–H and O–H groups in total. The van der Waals surface area contributed by atoms with Gasteiger partial charge in [-0.1, -0.05) is 43.5 Å². The highest BCUT2D eigenvalue weighted by molar-refractivity contribution is 7.92. The van der Waals surface area contributed by atoms with E-state index in [-0.39, 0.29) is 47.5 Å². The van der Waals surface area contributed by atoms with Gasteiger partial charge in [0.25, 0.3) is 5.91 Å². The maximum atomic E-state index is 14.3. The molecule has 0 saturated heterocycles. The molecule has 0 fully saturated rings. The number of carbonyl (C=O) groups is 1. The molecule has 0 saturated carbocycles. The Balaban J connectivity index is 2.08. The van der Waals surface area contributed by atoms with E-state index >= 15 is 0 Å². The van der Waals surface area contributed by atoms with Crippen LogP contribution in [-0.2, 0) is 34.7 Å². The molecule has 1 amide bonds. The van der Waals surface area contributed by atoms with Crippen LogP contribution in [0.3, 0.4) is 0 Å². The van der Waals surface area contributed by atoms with Crippen molar-refractivity contribution in [2.45, 2.75) is 50.8 Å². The molecule has 0 radical (unpaired) electrons. The van der Waals surface area contributed by atoms with Crippen molar-refractivity contribution in [2.24, 2.45) is 5.73 Å². The second-order valence-corrected chi connectivity index (χ2v) is 11.8. The van der Waals surface area contributed by atoms with Crippen molar-refractivity contribution in [3.8, 4) is 0 Å². The number of hydrogen-bond donors (Lipinski definition) is 2. The zero-order valence-electron chi connectivity index (χ0n) is 22.6. The Labute approximate surface area is 248 Å². The highest BCUT2D eigenvalue weighted by Gasteiger charge is 2.38. The molecule has 0 unspecified atom stereocenters. The van der Waals surface area contributed by atoms with Gasteiger partial charge in [0.2, 0.25) is 10.0 Å². The zero-order valence-corrected chi connectivity index (χ0v) is 24.2. The van der Waals surface area contributed by atoms with E-state index in [9.17, 15) is 43.9 Å². The van der Waals surface area contributed by atoms with Gasteiger partial charge in [0.1, 0.15) is 5.82 Å². The summed E-state index contributed by atoms with van der Waals surface area (Å²) in [4.78, 5) is 12.8. The number of halogens is 8. The molecule has 234 valence electrons. The van der Waals surface area contributed by atoms with Crippen LogP contribution in [0.5, 0.6) is 0 Å². The molecular weight excluding hydrogens is 627 g/mol. The van der Waals surface area contributed by atoms with Crippen molar-refractivity contribution in [1.82, 2.24) is 0 Å². The zero-order chi connectivity index (χ0) is 32.2. The molecular formula is C28H27ClF7N3O3S. The van der Waals surface area contributed by atoms with E-state index in [1.165, 1.54) is 30.3 Å². The number of nitrogens with one attached hydrogen (secondary N) is 1. The maximum Gasteiger partial charge on any atom is 0.416 e. The van der Waals surface area contributed by atoms with Crippen LogP contribution >= 0.6 is 11.6 Å². The second-order valence-electron chi connectivity index (χ2n) is 9.55. The fourth-order valence-electron chi connectivity index (χ4n) is 4.26. The number of nitrogens with zero attached hydrogens (tertiary/aromatic N) is 1. The first kappa shape index (κ1) is 34.1. The van der Waals surface area contributed by atoms with Crippen molar-refractivity contribution >= 4 is 38.9 Å². The standard InChI is InChI=1S/C28H27ClF7N3O3S/c1-2-3-4-10-39(43(41,42)16-17-11-19(27(31,32)33)13-20(12-17)28(34,35)36)24-14-21(9-8-18(24)15-37)38-26(40)25-22(29)6-5-7-23(25)30/h5-9,11-14H,2-4,10,15-16,37H2,1H3,(H,38,40). The Morgan fingerprint density at radius 3 is 2.12 bits per heavy atom. The summed E-state index contributed by atoms with van der Waals surface area (Å²) in [6.45, 7) is 1.45. The molecule has 3 aromatic carbocycles. The molecule has 0 aromatic heterocycles. The number of unbranched alkanes of at least 4 members (excludes halogenated alkanes) is 2. The normalized spacial score (nSPS) is 12.3. The predicted octanol–water partition coefficient (Wildman–Crippen LogP) is 7.75. The summed E-state index contributed by atoms with van der Waals surface area (Å²) in [5.41, 5.74) is 1.54. The number of nitrogens with two attached hydrogens (primary N) is 1. The van der Waals surface area contributed by atoms with Crippen molar-refractivity contribution in [3.63, 3.8) is 0 Å². The van der Waals surface area contributed by atoms with Crippen LogP contribution in [-0.4, -0.2) is 20.9 Å². The highest BCUT2D eigenvalue weighted by Crippen LogP contribution is 2.37. The van der Waals surface area contributed by atoms with Crippen LogP contribution in [0.2, 0.25) is 5.02 Å². The van der Waals surface area contributed by atoms with Crippen LogP contribution in [0, 0.1) is 5.82 Å². The fraction of sp³-hybridized carbons (Fsp3) is 0.321. The first-order valence-corrected chi connectivity index (χ1v) is 14.8. The summed E-state index contributed by atoms with van der Waals surface area (Å²) in [5.74, 6) is -3.05. The molecule has 0 aliphatic rings. The summed E-state index contributed by atoms with van der Waals surface area (Å²) >= 11 is 5.96. The van der Waals surface area contributed by atoms with E-state index in [1.807, 2.05) is 6.92 Å². The number of amides is 1. The molecule has 0 aliphatic heterocycles. The first-order chi connectivity index (χ1) is 20.0. The van der Waals surface area contributed by atoms with Crippen LogP contribution in [0.1, 0.15) is 58.8 Å². The molecule has 0 bridgehead atoms. The van der Waals surface area contributed by atoms with Crippen molar-refractivity contribution < 1.29 is 43.9 Å². The van der Waals surface area contributed by atoms with E-state index in [0.29, 0.717) is 25.0 Å². The maximum absolute atomic E-state index is 14.3. The minimum absolute atomic E-state index is 0.00522. The van der Waals surface area contributed by atoms with Crippen LogP contribution in [0.15, 0.2) is 54.6 Å². The van der Waals surface area contributed by atoms with Crippen molar-refractivity contribution in [1.29, 1.82) is 0 Å². The summed E-state index contributed by atoms with van der Waals surface area (Å²) in [6, 6.07) is 8.22. The topological polar surface area (TPSA) is 92.5 Å². The molecule has 6 nitrogen and oxygen atoms in total. The Morgan fingerprint density at radius 1 is 0.953 bits per heavy atom. The number of hydrogen-bond acceptors (Lipinski definition) is 4. The minimum Gasteiger partial charge on any atom is -0.326 e. The molecule has 15 heteroatoms. The molecule has 3 aromatic rings. The second kappa shape index (κ2) is 13.5. The first-order valence-electron chi connectivity index (χ1n) is 12.8. The molecule has 3 rings (SSSR count). The van der Waals surface area contributed by atoms with Crippen LogP contribution in [0.4, 0.5) is 42.1 Å². The number of carbonyl (C=O) groups excluding carboxylic acids is 1. The summed E-state index contributed by atoms with van der Waals surface area (Å²) in [6.07, 6.45) is -8.83. The van der Waals surface area contributed by atoms with Gasteiger partial charge in [0, 0.05) is 18.8 Å². The van der Waals surface area contributed by atoms with E-state index in [4.69, 9.17) is 17.3 Å². The third-order valence-electron chi connectivity index (χ3n) is 6.32. The molecule has 0 aliphatic carbocycles. The van der Waals surface area contributed by atoms with Gasteiger partial charge in [-0.2, -0.15) is 26.3 Å². The van der Waals surface area contributed by atoms with E-state index < -0.39 is 62.1 Å². The van der Waals surface area contributed by atoms with E-state index in [2.05, 4.69) is 5.32 Å². The van der Waals surface area contributed by atoms with Gasteiger partial charge in [-0.3, -0.25) is 9.10 Å². The summed E-state index contributed by atoms with van der Waals surface area (Å²) in [7, 11) is -4.63. The lowest BCUT2D eigenvalue weighted by Crippen LogP contribution is -2.34. The summed E-state index contributed by atoms with van der Waals surface area (Å²) < 4.78 is 123. The van der Waals surface area contributed by atoms with Crippen molar-refractivity contribution in [3.05, 3.63) is 93.3 Å². The lowest BCUT2D eigenvalue weighted by Gasteiger charge is -2.27. The Bertz CT molecular complexity index is 1530. The van der Waals surface area contributed by atoms with Gasteiger partial charge in [0.05, 0.1) is 33.2 Å². The molecule has 43 heavy (non-hydrogen) atoms. The van der Waals surface area contributed by atoms with Gasteiger partial charge in [-0.15, -0.1) is 0 Å². The van der Waals surface area contributed by atoms with Gasteiger partial charge < -0.3 is 11.1 Å². The monoisotopic (exact) mass is 653 g/mol. The van der Waals surface area contributed by atoms with Gasteiger partial charge in [-0.25, -0.2) is 12.8 Å². The third kappa shape index (κ3) is 8.61. The predicted molar refractivity (Wildman–Crippen MR) is 150 cm³/mol. The summed E-state index contributed by atoms with van der Waals surface area (Å²) in [5, 5.41) is 2.25. The van der Waals surface area contributed by atoms with Gasteiger partial charge >= 0.3 is 12.4 Å². The molecule has 0 atom stereocenters. The van der Waals surface area contributed by atoms with Gasteiger partial charge in [-0.05, 0) is 60.0 Å². The average Bonchev–Trinajstić information content (AvgIpc) is 2.89. The van der Waals surface area contributed by atoms with Gasteiger partial charge in [0.15, 0.2) is 0 Å². The lowest BCUT2D eigenvalue weighted by atomic mass is 10.1. The quantitative estimate of drug-likeness (QED) is 0.164. The van der Waals surface area contributed by atoms with E-state index in [0.717, 1.165) is 10.4 Å². The highest BCUT2D eigenvalue weighted by atomic mass is 35.5. The number of anilines is 2. The number of alkyl halides is 6. The Morgan fingerprint density at radius 2 is 1.58 bits per heavy atom. The van der Waals surface area contributed by atoms with Crippen molar-refractivity contribution in [2.75, 3.05) is 16.2 Å². The van der Waals surface area contributed by atoms with E-state index in [1.54, 1.807) is 0 Å². The fourth-order valence-corrected chi connectivity index (χ4v) is 6.13. The SMILES string of the molecule is CCCCCN(c1cc(NC(=O)c2c(F)cccc2Cl)ccc1CN)S(=O)(=O)Cc1cc(C(F)(F)F)cc(C(F)(F)F)c1. The Kier molecular flexibility index (Phi) is 10.7. The molecule has 0 heterocycles. The lowest BCUT2D eigenvalue weighted by molar-refractivity contribution is -0.143. The van der Waals surface area contributed by atoms with Crippen LogP contribution < -0.4 is 15.4 Å². The smallest absolute Gasteiger partial charge is 0.326 e. The minimum atomic E-state index is -5.17. The molecule has 0 spiro atoms. The Hall–Kier alpha value is -3.36. The third-order valence-corrected chi connectivity index (χ3v) is 8.38. The number of benzene rings is 3. The number of sulfonamides is 1. The average molecular weight is 654 g/mol. The number of rotatable bonds is 11. The largest absolute Gasteiger partial charge is 0.416 e.